The first-order chi connectivity index (χ1) is 26.5. The smallest absolute Gasteiger partial charge is 0.135 e. The zero-order valence-electron chi connectivity index (χ0n) is 29.7. The molecule has 0 atom stereocenters. The van der Waals surface area contributed by atoms with Crippen molar-refractivity contribution < 1.29 is 8.83 Å². The Morgan fingerprint density at radius 1 is 0.444 bits per heavy atom. The second-order valence-corrected chi connectivity index (χ2v) is 15.2. The van der Waals surface area contributed by atoms with Gasteiger partial charge in [0.2, 0.25) is 0 Å². The normalized spacial score (nSPS) is 13.5. The highest BCUT2D eigenvalue weighted by Gasteiger charge is 2.36. The Morgan fingerprint density at radius 3 is 1.56 bits per heavy atom. The zero-order valence-corrected chi connectivity index (χ0v) is 29.7. The summed E-state index contributed by atoms with van der Waals surface area (Å²) in [6, 6.07) is 54.6. The molecule has 0 saturated carbocycles. The number of pyridine rings is 1. The van der Waals surface area contributed by atoms with Crippen LogP contribution in [0, 0.1) is 0 Å². The average Bonchev–Trinajstić information content (AvgIpc) is 3.93. The molecule has 0 saturated heterocycles. The highest BCUT2D eigenvalue weighted by Crippen LogP contribution is 2.49. The molecule has 0 unspecified atom stereocenters. The van der Waals surface area contributed by atoms with Crippen molar-refractivity contribution in [3.05, 3.63) is 169 Å². The third kappa shape index (κ3) is 4.05. The molecule has 12 rings (SSSR count). The molecule has 4 nitrogen and oxygen atoms in total. The fourth-order valence-corrected chi connectivity index (χ4v) is 9.15. The van der Waals surface area contributed by atoms with Gasteiger partial charge in [0.15, 0.2) is 0 Å². The third-order valence-corrected chi connectivity index (χ3v) is 11.9. The fraction of sp³-hybridized carbons (Fsp3) is 0.0600. The van der Waals surface area contributed by atoms with E-state index < -0.39 is 0 Å². The Hall–Kier alpha value is -6.91. The van der Waals surface area contributed by atoms with Crippen LogP contribution < -0.4 is 0 Å². The van der Waals surface area contributed by atoms with Gasteiger partial charge in [-0.25, -0.2) is 0 Å². The summed E-state index contributed by atoms with van der Waals surface area (Å²) < 4.78 is 14.8. The largest absolute Gasteiger partial charge is 0.456 e. The summed E-state index contributed by atoms with van der Waals surface area (Å²) in [7, 11) is 0. The van der Waals surface area contributed by atoms with Crippen molar-refractivity contribution in [2.45, 2.75) is 19.3 Å². The van der Waals surface area contributed by atoms with Crippen molar-refractivity contribution in [3.8, 4) is 39.2 Å². The Bertz CT molecular complexity index is 3200. The topological polar surface area (TPSA) is 44.1 Å². The molecule has 0 aliphatic heterocycles. The summed E-state index contributed by atoms with van der Waals surface area (Å²) in [6.45, 7) is 4.60. The molecule has 1 aliphatic carbocycles. The maximum Gasteiger partial charge on any atom is 0.135 e. The predicted octanol–water partition coefficient (Wildman–Crippen LogP) is 13.6. The first kappa shape index (κ1) is 29.6. The van der Waals surface area contributed by atoms with Crippen LogP contribution in [0.4, 0.5) is 0 Å². The first-order valence-electron chi connectivity index (χ1n) is 18.5. The van der Waals surface area contributed by atoms with Crippen molar-refractivity contribution in [1.29, 1.82) is 0 Å². The molecule has 54 heavy (non-hydrogen) atoms. The van der Waals surface area contributed by atoms with Crippen LogP contribution in [0.2, 0.25) is 0 Å². The summed E-state index contributed by atoms with van der Waals surface area (Å²) in [4.78, 5) is 4.88. The van der Waals surface area contributed by atoms with Crippen molar-refractivity contribution >= 4 is 65.7 Å². The number of hydrogen-bond donors (Lipinski definition) is 0. The van der Waals surface area contributed by atoms with E-state index in [1.54, 1.807) is 0 Å². The molecule has 4 heterocycles. The summed E-state index contributed by atoms with van der Waals surface area (Å²) in [5.74, 6) is 0. The number of hydrogen-bond acceptors (Lipinski definition) is 3. The van der Waals surface area contributed by atoms with E-state index >= 15 is 0 Å². The van der Waals surface area contributed by atoms with Crippen LogP contribution in [0.5, 0.6) is 0 Å². The third-order valence-electron chi connectivity index (χ3n) is 11.9. The Labute approximate surface area is 310 Å². The van der Waals surface area contributed by atoms with Crippen LogP contribution in [-0.2, 0) is 5.41 Å². The predicted molar refractivity (Wildman–Crippen MR) is 222 cm³/mol. The molecular formula is C50H32N2O2. The average molecular weight is 693 g/mol. The molecule has 0 fully saturated rings. The Balaban J connectivity index is 1.09. The molecule has 11 aromatic rings. The van der Waals surface area contributed by atoms with Gasteiger partial charge in [0.1, 0.15) is 22.3 Å². The van der Waals surface area contributed by atoms with Gasteiger partial charge in [-0.3, -0.25) is 4.98 Å². The summed E-state index contributed by atoms with van der Waals surface area (Å²) in [6.07, 6.45) is 1.91. The van der Waals surface area contributed by atoms with Crippen molar-refractivity contribution in [2.24, 2.45) is 0 Å². The molecule has 7 aromatic carbocycles. The van der Waals surface area contributed by atoms with E-state index in [1.165, 1.54) is 38.6 Å². The highest BCUT2D eigenvalue weighted by molar-refractivity contribution is 6.13. The van der Waals surface area contributed by atoms with Gasteiger partial charge in [-0.2, -0.15) is 0 Å². The van der Waals surface area contributed by atoms with Gasteiger partial charge in [-0.1, -0.05) is 86.6 Å². The number of aromatic nitrogens is 2. The maximum atomic E-state index is 6.18. The lowest BCUT2D eigenvalue weighted by Gasteiger charge is -2.21. The summed E-state index contributed by atoms with van der Waals surface area (Å²) >= 11 is 0. The van der Waals surface area contributed by atoms with Gasteiger partial charge >= 0.3 is 0 Å². The lowest BCUT2D eigenvalue weighted by molar-refractivity contribution is 0.659. The maximum absolute atomic E-state index is 6.18. The minimum Gasteiger partial charge on any atom is -0.456 e. The zero-order chi connectivity index (χ0) is 35.7. The van der Waals surface area contributed by atoms with Gasteiger partial charge in [0, 0.05) is 55.2 Å². The van der Waals surface area contributed by atoms with Crippen molar-refractivity contribution in [3.63, 3.8) is 0 Å². The van der Waals surface area contributed by atoms with Crippen LogP contribution in [0.1, 0.15) is 25.0 Å². The summed E-state index contributed by atoms with van der Waals surface area (Å²) in [5.41, 5.74) is 16.5. The molecule has 0 spiro atoms. The number of nitrogens with zero attached hydrogens (tertiary/aromatic N) is 2. The van der Waals surface area contributed by atoms with Crippen molar-refractivity contribution in [1.82, 2.24) is 9.55 Å². The van der Waals surface area contributed by atoms with E-state index in [2.05, 4.69) is 146 Å². The van der Waals surface area contributed by atoms with Crippen LogP contribution >= 0.6 is 0 Å². The SMILES string of the molecule is CC1(C)c2ccc(-n3c4ccc(-c5ccc6oc7ccccc7c6c5)cc4c4cc(-c5ccc6oc7ccccc7c6c5)ccc43)cc2-c2ncccc21. The molecule has 0 amide bonds. The van der Waals surface area contributed by atoms with Gasteiger partial charge in [-0.15, -0.1) is 0 Å². The van der Waals surface area contributed by atoms with Gasteiger partial charge in [-0.05, 0) is 112 Å². The Morgan fingerprint density at radius 2 is 0.963 bits per heavy atom. The highest BCUT2D eigenvalue weighted by atomic mass is 16.3. The first-order valence-corrected chi connectivity index (χ1v) is 18.5. The number of benzene rings is 7. The molecule has 1 aliphatic rings. The standard InChI is InChI=1S/C50H32N2O2/c1-50(2)41-18-17-33(28-40(41)49-42(50)10-7-23-51-49)52-43-19-13-29(31-15-21-47-38(26-31)34-8-3-5-11-45(34)53-47)24-36(43)37-25-30(14-20-44(37)52)32-16-22-48-39(27-32)35-9-4-6-12-46(35)54-48/h3-28H,1-2H3. The van der Waals surface area contributed by atoms with E-state index in [4.69, 9.17) is 13.8 Å². The Kier molecular flexibility index (Phi) is 5.81. The van der Waals surface area contributed by atoms with Gasteiger partial charge in [0.05, 0.1) is 16.7 Å². The minimum absolute atomic E-state index is 0.106. The molecule has 254 valence electrons. The molecule has 0 N–H and O–H groups in total. The second kappa shape index (κ2) is 10.6. The minimum atomic E-state index is -0.106. The number of rotatable bonds is 3. The van der Waals surface area contributed by atoms with E-state index in [0.717, 1.165) is 77.4 Å². The monoisotopic (exact) mass is 692 g/mol. The lowest BCUT2D eigenvalue weighted by Crippen LogP contribution is -2.15. The molecule has 0 radical (unpaired) electrons. The number of furan rings is 2. The van der Waals surface area contributed by atoms with E-state index in [1.807, 2.05) is 30.5 Å². The molecular weight excluding hydrogens is 661 g/mol. The van der Waals surface area contributed by atoms with Crippen LogP contribution in [0.25, 0.3) is 105 Å². The molecule has 4 heteroatoms. The van der Waals surface area contributed by atoms with Gasteiger partial charge in [0.25, 0.3) is 0 Å². The quantitative estimate of drug-likeness (QED) is 0.185. The summed E-state index contributed by atoms with van der Waals surface area (Å²) in [5, 5.41) is 6.94. The number of para-hydroxylation sites is 2. The van der Waals surface area contributed by atoms with E-state index in [-0.39, 0.29) is 5.41 Å². The van der Waals surface area contributed by atoms with Crippen LogP contribution in [0.3, 0.4) is 0 Å². The molecule has 4 aromatic heterocycles. The van der Waals surface area contributed by atoms with Crippen molar-refractivity contribution in [2.75, 3.05) is 0 Å². The second-order valence-electron chi connectivity index (χ2n) is 15.2. The number of fused-ring (bicyclic) bond motifs is 12. The van der Waals surface area contributed by atoms with E-state index in [0.29, 0.717) is 0 Å². The fourth-order valence-electron chi connectivity index (χ4n) is 9.15. The lowest BCUT2D eigenvalue weighted by atomic mass is 9.83. The van der Waals surface area contributed by atoms with Gasteiger partial charge < -0.3 is 13.4 Å². The van der Waals surface area contributed by atoms with Crippen LogP contribution in [0.15, 0.2) is 167 Å². The van der Waals surface area contributed by atoms with E-state index in [9.17, 15) is 0 Å². The molecule has 0 bridgehead atoms. The van der Waals surface area contributed by atoms with Crippen LogP contribution in [-0.4, -0.2) is 9.55 Å².